The smallest absolute Gasteiger partial charge is 0.00638 e. The number of alkyl halides is 14. The third-order valence-electron chi connectivity index (χ3n) is 7.22. The molecule has 0 fully saturated rings. The molecule has 4 rings (SSSR count). The molecule has 0 bridgehead atoms. The van der Waals surface area contributed by atoms with Crippen molar-refractivity contribution in [3.63, 3.8) is 0 Å². The fourth-order valence-electron chi connectivity index (χ4n) is 4.62. The summed E-state index contributed by atoms with van der Waals surface area (Å²) in [7, 11) is 0. The van der Waals surface area contributed by atoms with Crippen molar-refractivity contribution in [1.82, 2.24) is 0 Å². The maximum absolute atomic E-state index is 12.9. The van der Waals surface area contributed by atoms with Crippen molar-refractivity contribution in [2.75, 3.05) is 13.2 Å². The summed E-state index contributed by atoms with van der Waals surface area (Å²) in [6, 6.07) is 39.7. The summed E-state index contributed by atoms with van der Waals surface area (Å²) in [5.41, 5.74) is 4.38. The van der Waals surface area contributed by atoms with Crippen LogP contribution in [-0.2, 0) is 0 Å². The molecule has 4 aromatic rings. The Kier molecular flexibility index (Phi) is 16.7. The second-order valence-electron chi connectivity index (χ2n) is 11.3. The van der Waals surface area contributed by atoms with E-state index >= 15 is 0 Å². The summed E-state index contributed by atoms with van der Waals surface area (Å²) in [5.74, 6) is -12.3. The maximum atomic E-state index is 12.9. The van der Waals surface area contributed by atoms with Gasteiger partial charge in [0.25, 0.3) is 0 Å². The van der Waals surface area contributed by atoms with E-state index in [4.69, 9.17) is 0 Å². The van der Waals surface area contributed by atoms with E-state index < -0.39 is 66.1 Å². The van der Waals surface area contributed by atoms with Crippen LogP contribution in [0.15, 0.2) is 121 Å². The van der Waals surface area contributed by atoms with Gasteiger partial charge >= 0.3 is 128 Å². The third-order valence-corrected chi connectivity index (χ3v) is 11.1. The van der Waals surface area contributed by atoms with Gasteiger partial charge in [0.05, 0.1) is 0 Å². The molecule has 53 heavy (non-hydrogen) atoms. The summed E-state index contributed by atoms with van der Waals surface area (Å²) >= 11 is -5.79. The Morgan fingerprint density at radius 1 is 0.377 bits per heavy atom. The predicted octanol–water partition coefficient (Wildman–Crippen LogP) is 9.41. The maximum Gasteiger partial charge on any atom is -0.00638 e. The van der Waals surface area contributed by atoms with E-state index in [0.717, 1.165) is 22.3 Å². The van der Waals surface area contributed by atoms with Crippen LogP contribution in [0.3, 0.4) is 0 Å². The van der Waals surface area contributed by atoms with Crippen LogP contribution in [-0.4, -0.2) is 66.4 Å². The van der Waals surface area contributed by atoms with Crippen LogP contribution in [0.1, 0.15) is 46.9 Å². The molecule has 2 nitrogen and oxygen atoms in total. The Balaban J connectivity index is 0.000000284. The second-order valence-corrected chi connectivity index (χ2v) is 15.6. The molecule has 0 N–H and O–H groups in total. The SMILES string of the molecule is FC(F)(F)CC(F)(F)[C](F)(F)[Sn+2][C](F)(F)C(F)(F)CC(F)(F)F.[O-]CC(c1ccccc1)c1ccccc1.[O-]CC(c1ccccc1)c1ccccc1. The first kappa shape index (κ1) is 45.8. The number of benzene rings is 4. The Labute approximate surface area is 305 Å². The van der Waals surface area contributed by atoms with E-state index in [2.05, 4.69) is 0 Å². The number of halogens is 14. The van der Waals surface area contributed by atoms with Crippen LogP contribution >= 0.6 is 0 Å². The fourth-order valence-corrected chi connectivity index (χ4v) is 7.29. The standard InChI is InChI=1S/2C14H13O.2C4H2F7.Sn/c2*15-11-14(12-7-3-1-4-8-12)13-9-5-2-6-10-13;2*5-2(6)3(7,8)1-4(9,10)11;/h2*1-10,14H,11H2;2*1H2;/q2*-1;;;+2. The monoisotopic (exact) mass is 880 g/mol. The van der Waals surface area contributed by atoms with Gasteiger partial charge in [0, 0.05) is 0 Å². The van der Waals surface area contributed by atoms with Gasteiger partial charge in [-0.1, -0.05) is 121 Å². The van der Waals surface area contributed by atoms with Crippen LogP contribution in [0.5, 0.6) is 0 Å². The van der Waals surface area contributed by atoms with Gasteiger partial charge in [0.2, 0.25) is 0 Å². The number of rotatable bonds is 12. The molecule has 0 atom stereocenters. The molecule has 0 aliphatic carbocycles. The molecule has 0 aliphatic heterocycles. The summed E-state index contributed by atoms with van der Waals surface area (Å²) in [4.78, 5) is 0. The molecule has 0 spiro atoms. The fraction of sp³-hybridized carbons (Fsp3) is 0.333. The van der Waals surface area contributed by atoms with E-state index in [1.807, 2.05) is 121 Å². The van der Waals surface area contributed by atoms with Gasteiger partial charge in [-0.25, -0.2) is 0 Å². The van der Waals surface area contributed by atoms with Crippen LogP contribution in [0, 0.1) is 0 Å². The van der Waals surface area contributed by atoms with Crippen molar-refractivity contribution in [3.8, 4) is 0 Å². The van der Waals surface area contributed by atoms with Gasteiger partial charge < -0.3 is 10.2 Å². The van der Waals surface area contributed by atoms with Gasteiger partial charge in [0.1, 0.15) is 0 Å². The summed E-state index contributed by atoms with van der Waals surface area (Å²) in [6.45, 7) is -0.206. The Bertz CT molecular complexity index is 1400. The minimum absolute atomic E-state index is 0.0209. The molecule has 0 unspecified atom stereocenters. The quantitative estimate of drug-likeness (QED) is 0.105. The Morgan fingerprint density at radius 3 is 0.755 bits per heavy atom. The van der Waals surface area contributed by atoms with E-state index in [9.17, 15) is 71.7 Å². The average Bonchev–Trinajstić information content (AvgIpc) is 3.05. The van der Waals surface area contributed by atoms with Crippen molar-refractivity contribution in [3.05, 3.63) is 144 Å². The van der Waals surface area contributed by atoms with Gasteiger partial charge in [-0.05, 0) is 34.1 Å². The molecule has 0 aliphatic rings. The molecule has 0 heterocycles. The normalized spacial score (nSPS) is 12.7. The molecule has 0 saturated carbocycles. The van der Waals surface area contributed by atoms with E-state index in [1.54, 1.807) is 0 Å². The van der Waals surface area contributed by atoms with Gasteiger partial charge in [0.15, 0.2) is 0 Å². The molecule has 0 aromatic heterocycles. The second kappa shape index (κ2) is 19.3. The molecule has 288 valence electrons. The first-order valence-corrected chi connectivity index (χ1v) is 18.1. The van der Waals surface area contributed by atoms with Gasteiger partial charge in [-0.3, -0.25) is 0 Å². The molecule has 0 radical (unpaired) electrons. The average molecular weight is 879 g/mol. The topological polar surface area (TPSA) is 46.1 Å². The molecule has 0 saturated heterocycles. The first-order chi connectivity index (χ1) is 24.5. The van der Waals surface area contributed by atoms with E-state index in [1.165, 1.54) is 0 Å². The van der Waals surface area contributed by atoms with Crippen molar-refractivity contribution in [1.29, 1.82) is 0 Å². The summed E-state index contributed by atoms with van der Waals surface area (Å²) in [6.07, 6.45) is -19.0. The largest absolute Gasteiger partial charge is 0.854 e. The number of hydrogen-bond donors (Lipinski definition) is 0. The first-order valence-electron chi connectivity index (χ1n) is 15.3. The van der Waals surface area contributed by atoms with Gasteiger partial charge in [-0.15, -0.1) is 13.2 Å². The molecule has 17 heteroatoms. The van der Waals surface area contributed by atoms with E-state index in [0.29, 0.717) is 0 Å². The van der Waals surface area contributed by atoms with Crippen molar-refractivity contribution < 1.29 is 71.7 Å². The van der Waals surface area contributed by atoms with Crippen molar-refractivity contribution >= 4 is 21.1 Å². The van der Waals surface area contributed by atoms with Crippen molar-refractivity contribution in [2.24, 2.45) is 0 Å². The van der Waals surface area contributed by atoms with E-state index in [-0.39, 0.29) is 25.0 Å². The van der Waals surface area contributed by atoms with Gasteiger partial charge in [-0.2, -0.15) is 0 Å². The minimum Gasteiger partial charge on any atom is -0.854 e. The zero-order valence-electron chi connectivity index (χ0n) is 27.1. The number of hydrogen-bond acceptors (Lipinski definition) is 2. The van der Waals surface area contributed by atoms with Crippen LogP contribution in [0.2, 0.25) is 0 Å². The zero-order valence-corrected chi connectivity index (χ0v) is 30.0. The molecule has 4 aromatic carbocycles. The molecular formula is C36H30F14O2Sn. The third kappa shape index (κ3) is 14.8. The Hall–Kier alpha value is -3.38. The minimum atomic E-state index is -6.16. The predicted molar refractivity (Wildman–Crippen MR) is 166 cm³/mol. The van der Waals surface area contributed by atoms with Crippen molar-refractivity contribution in [2.45, 2.75) is 56.8 Å². The summed E-state index contributed by atoms with van der Waals surface area (Å²) < 4.78 is 160. The van der Waals surface area contributed by atoms with Crippen LogP contribution in [0.25, 0.3) is 0 Å². The molecular weight excluding hydrogens is 849 g/mol. The zero-order chi connectivity index (χ0) is 40.1. The summed E-state index contributed by atoms with van der Waals surface area (Å²) in [5, 5.41) is 22.5. The van der Waals surface area contributed by atoms with Crippen LogP contribution in [0.4, 0.5) is 61.5 Å². The Morgan fingerprint density at radius 2 is 0.585 bits per heavy atom. The van der Waals surface area contributed by atoms with Crippen LogP contribution < -0.4 is 10.2 Å². The molecule has 0 amide bonds.